The van der Waals surface area contributed by atoms with Crippen molar-refractivity contribution in [2.24, 2.45) is 0 Å². The zero-order valence-electron chi connectivity index (χ0n) is 16.6. The lowest BCUT2D eigenvalue weighted by molar-refractivity contribution is 0.337. The molecule has 2 aromatic rings. The number of hydrogen-bond acceptors (Lipinski definition) is 5. The van der Waals surface area contributed by atoms with E-state index >= 15 is 0 Å². The molecule has 1 N–H and O–H groups in total. The number of ether oxygens (including phenoxy) is 2. The van der Waals surface area contributed by atoms with E-state index < -0.39 is 5.56 Å². The van der Waals surface area contributed by atoms with E-state index in [2.05, 4.69) is 16.9 Å². The van der Waals surface area contributed by atoms with E-state index in [1.54, 1.807) is 12.3 Å². The lowest BCUT2D eigenvalue weighted by Crippen LogP contribution is -2.19. The molecule has 0 spiro atoms. The highest BCUT2D eigenvalue weighted by molar-refractivity contribution is 5.62. The summed E-state index contributed by atoms with van der Waals surface area (Å²) in [5.74, 6) is 1.50. The third kappa shape index (κ3) is 5.00. The van der Waals surface area contributed by atoms with Crippen LogP contribution in [-0.4, -0.2) is 23.3 Å². The van der Waals surface area contributed by atoms with Crippen LogP contribution >= 0.6 is 0 Å². The van der Waals surface area contributed by atoms with Crippen LogP contribution in [0.3, 0.4) is 0 Å². The van der Waals surface area contributed by atoms with Gasteiger partial charge in [-0.3, -0.25) is 4.79 Å². The monoisotopic (exact) mass is 369 g/mol. The molecule has 0 saturated carbocycles. The van der Waals surface area contributed by atoms with Gasteiger partial charge in [0.05, 0.1) is 19.9 Å². The average Bonchev–Trinajstić information content (AvgIpc) is 2.61. The van der Waals surface area contributed by atoms with Crippen molar-refractivity contribution < 1.29 is 9.47 Å². The highest BCUT2D eigenvalue weighted by atomic mass is 16.5. The molecule has 0 unspecified atom stereocenters. The Bertz CT molecular complexity index is 914. The predicted molar refractivity (Wildman–Crippen MR) is 109 cm³/mol. The highest BCUT2D eigenvalue weighted by Crippen LogP contribution is 2.28. The Hall–Kier alpha value is -3.02. The molecule has 6 heteroatoms. The molecule has 0 aliphatic carbocycles. The third-order valence-electron chi connectivity index (χ3n) is 4.07. The van der Waals surface area contributed by atoms with Gasteiger partial charge in [0.15, 0.2) is 0 Å². The van der Waals surface area contributed by atoms with Gasteiger partial charge in [0.2, 0.25) is 11.7 Å². The van der Waals surface area contributed by atoms with Crippen molar-refractivity contribution in [2.45, 2.75) is 34.2 Å². The molecule has 1 aromatic heterocycles. The average molecular weight is 369 g/mol. The second-order valence-electron chi connectivity index (χ2n) is 6.31. The van der Waals surface area contributed by atoms with Crippen LogP contribution in [0.4, 0.5) is 11.6 Å². The number of nitrogens with one attached hydrogen (secondary N) is 1. The molecule has 0 aliphatic heterocycles. The van der Waals surface area contributed by atoms with Crippen molar-refractivity contribution in [3.63, 3.8) is 0 Å². The first-order valence-electron chi connectivity index (χ1n) is 8.84. The Labute approximate surface area is 160 Å². The first-order chi connectivity index (χ1) is 12.9. The number of allylic oxidation sites excluding steroid dienone is 3. The summed E-state index contributed by atoms with van der Waals surface area (Å²) in [7, 11) is 1.46. The molecule has 1 heterocycles. The molecule has 27 heavy (non-hydrogen) atoms. The number of benzene rings is 1. The van der Waals surface area contributed by atoms with Crippen LogP contribution in [0.15, 0.2) is 47.4 Å². The second kappa shape index (κ2) is 9.07. The highest BCUT2D eigenvalue weighted by Gasteiger charge is 2.12. The Morgan fingerprint density at radius 3 is 2.67 bits per heavy atom. The van der Waals surface area contributed by atoms with E-state index in [0.717, 1.165) is 28.1 Å². The predicted octanol–water partition coefficient (Wildman–Crippen LogP) is 4.14. The van der Waals surface area contributed by atoms with Crippen LogP contribution in [0.2, 0.25) is 0 Å². The maximum Gasteiger partial charge on any atom is 0.316 e. The van der Waals surface area contributed by atoms with Gasteiger partial charge in [-0.05, 0) is 51.0 Å². The maximum absolute atomic E-state index is 12.2. The molecule has 2 rings (SSSR count). The summed E-state index contributed by atoms with van der Waals surface area (Å²) in [5.41, 5.74) is 3.53. The number of anilines is 2. The van der Waals surface area contributed by atoms with Crippen LogP contribution < -0.4 is 20.3 Å². The number of nitrogens with zero attached hydrogens (tertiary/aromatic N) is 2. The van der Waals surface area contributed by atoms with E-state index in [1.165, 1.54) is 7.11 Å². The molecule has 0 aliphatic rings. The van der Waals surface area contributed by atoms with Gasteiger partial charge in [-0.2, -0.15) is 4.98 Å². The summed E-state index contributed by atoms with van der Waals surface area (Å²) in [6, 6.07) is 3.98. The number of aryl methyl sites for hydroxylation is 2. The summed E-state index contributed by atoms with van der Waals surface area (Å²) in [5, 5.41) is 3.28. The van der Waals surface area contributed by atoms with Crippen molar-refractivity contribution in [1.82, 2.24) is 9.55 Å². The molecule has 1 aromatic carbocycles. The van der Waals surface area contributed by atoms with Crippen LogP contribution in [0.1, 0.15) is 25.0 Å². The molecule has 0 atom stereocenters. The van der Waals surface area contributed by atoms with E-state index in [1.807, 2.05) is 50.5 Å². The minimum atomic E-state index is -0.415. The Morgan fingerprint density at radius 2 is 2.04 bits per heavy atom. The van der Waals surface area contributed by atoms with Crippen molar-refractivity contribution in [2.75, 3.05) is 19.0 Å². The van der Waals surface area contributed by atoms with E-state index in [-0.39, 0.29) is 5.75 Å². The fourth-order valence-corrected chi connectivity index (χ4v) is 2.71. The van der Waals surface area contributed by atoms with Gasteiger partial charge in [-0.15, -0.1) is 0 Å². The van der Waals surface area contributed by atoms with Gasteiger partial charge in [0.1, 0.15) is 5.75 Å². The van der Waals surface area contributed by atoms with Crippen molar-refractivity contribution in [3.05, 3.63) is 64.1 Å². The number of rotatable bonds is 8. The lowest BCUT2D eigenvalue weighted by Gasteiger charge is -2.18. The molecule has 0 amide bonds. The smallest absolute Gasteiger partial charge is 0.316 e. The molecule has 144 valence electrons. The lowest BCUT2D eigenvalue weighted by atomic mass is 10.1. The molecule has 0 radical (unpaired) electrons. The largest absolute Gasteiger partial charge is 0.494 e. The zero-order chi connectivity index (χ0) is 20.0. The minimum Gasteiger partial charge on any atom is -0.494 e. The SMILES string of the molecule is C=C/C=C(\C)Cn1cc(OC)c(=O)nc1Nc1cc(C)c(OCC)cc1C. The summed E-state index contributed by atoms with van der Waals surface area (Å²) in [4.78, 5) is 16.3. The summed E-state index contributed by atoms with van der Waals surface area (Å²) in [6.07, 6.45) is 5.31. The van der Waals surface area contributed by atoms with Crippen LogP contribution in [0.25, 0.3) is 0 Å². The van der Waals surface area contributed by atoms with Gasteiger partial charge in [-0.1, -0.05) is 24.3 Å². The molecule has 0 bridgehead atoms. The van der Waals surface area contributed by atoms with Gasteiger partial charge in [0, 0.05) is 12.2 Å². The fourth-order valence-electron chi connectivity index (χ4n) is 2.71. The Balaban J connectivity index is 2.47. The summed E-state index contributed by atoms with van der Waals surface area (Å²) < 4.78 is 12.6. The van der Waals surface area contributed by atoms with E-state index in [0.29, 0.717) is 19.1 Å². The van der Waals surface area contributed by atoms with Crippen LogP contribution in [0, 0.1) is 13.8 Å². The van der Waals surface area contributed by atoms with Crippen LogP contribution in [0.5, 0.6) is 11.5 Å². The number of methoxy groups -OCH3 is 1. The van der Waals surface area contributed by atoms with Crippen molar-refractivity contribution in [1.29, 1.82) is 0 Å². The fraction of sp³-hybridized carbons (Fsp3) is 0.333. The van der Waals surface area contributed by atoms with Crippen LogP contribution in [-0.2, 0) is 6.54 Å². The third-order valence-corrected chi connectivity index (χ3v) is 4.07. The second-order valence-corrected chi connectivity index (χ2v) is 6.31. The molecular formula is C21H27N3O3. The minimum absolute atomic E-state index is 0.201. The first-order valence-corrected chi connectivity index (χ1v) is 8.84. The molecule has 0 saturated heterocycles. The number of hydrogen-bond donors (Lipinski definition) is 1. The maximum atomic E-state index is 12.2. The van der Waals surface area contributed by atoms with Crippen molar-refractivity contribution in [3.8, 4) is 11.5 Å². The molecule has 6 nitrogen and oxygen atoms in total. The summed E-state index contributed by atoms with van der Waals surface area (Å²) in [6.45, 7) is 12.8. The van der Waals surface area contributed by atoms with E-state index in [4.69, 9.17) is 9.47 Å². The molecular weight excluding hydrogens is 342 g/mol. The number of aromatic nitrogens is 2. The Kier molecular flexibility index (Phi) is 6.82. The standard InChI is InChI=1S/C21H27N3O3/c1-7-9-14(3)12-24-13-19(26-6)20(25)23-21(24)22-17-10-16(5)18(27-8-2)11-15(17)4/h7,9-11,13H,1,8,12H2,2-6H3,(H,22,23,25)/b14-9+. The zero-order valence-corrected chi connectivity index (χ0v) is 16.6. The summed E-state index contributed by atoms with van der Waals surface area (Å²) >= 11 is 0. The van der Waals surface area contributed by atoms with E-state index in [9.17, 15) is 4.79 Å². The first kappa shape index (κ1) is 20.3. The topological polar surface area (TPSA) is 65.4 Å². The van der Waals surface area contributed by atoms with Gasteiger partial charge >= 0.3 is 5.56 Å². The quantitative estimate of drug-likeness (QED) is 0.708. The van der Waals surface area contributed by atoms with Gasteiger partial charge in [0.25, 0.3) is 0 Å². The normalized spacial score (nSPS) is 11.2. The van der Waals surface area contributed by atoms with Gasteiger partial charge in [-0.25, -0.2) is 0 Å². The Morgan fingerprint density at radius 1 is 1.30 bits per heavy atom. The van der Waals surface area contributed by atoms with Gasteiger partial charge < -0.3 is 19.4 Å². The molecule has 0 fully saturated rings. The van der Waals surface area contributed by atoms with Crippen molar-refractivity contribution >= 4 is 11.6 Å².